The standard InChI is InChI=1S/C18H15ClN2O2S/c1-12-4-5-13(10-16(12)19)9-15-11-20-18(24-15)21-17(22)7-6-14-3-2-8-23-14/h2-8,10-11H,9H2,1H3,(H,20,21,22). The predicted octanol–water partition coefficient (Wildman–Crippen LogP) is 4.94. The number of nitrogens with zero attached hydrogens (tertiary/aromatic N) is 1. The number of amides is 1. The molecule has 2 heterocycles. The third-order valence-corrected chi connectivity index (χ3v) is 4.66. The molecule has 0 unspecified atom stereocenters. The number of carbonyl (C=O) groups excluding carboxylic acids is 1. The highest BCUT2D eigenvalue weighted by atomic mass is 35.5. The topological polar surface area (TPSA) is 55.1 Å². The van der Waals surface area contributed by atoms with Crippen LogP contribution < -0.4 is 5.32 Å². The summed E-state index contributed by atoms with van der Waals surface area (Å²) in [5.41, 5.74) is 2.17. The Balaban J connectivity index is 1.60. The molecule has 0 aliphatic rings. The fraction of sp³-hybridized carbons (Fsp3) is 0.111. The van der Waals surface area contributed by atoms with E-state index in [-0.39, 0.29) is 5.91 Å². The van der Waals surface area contributed by atoms with Crippen LogP contribution >= 0.6 is 22.9 Å². The Labute approximate surface area is 148 Å². The summed E-state index contributed by atoms with van der Waals surface area (Å²) in [7, 11) is 0. The molecule has 0 saturated heterocycles. The molecule has 0 aliphatic heterocycles. The second-order valence-corrected chi connectivity index (χ2v) is 6.75. The molecule has 0 bridgehead atoms. The Hall–Kier alpha value is -2.37. The van der Waals surface area contributed by atoms with Gasteiger partial charge in [-0.05, 0) is 42.3 Å². The number of thiazole rings is 1. The molecule has 0 saturated carbocycles. The average molecular weight is 359 g/mol. The van der Waals surface area contributed by atoms with Crippen molar-refractivity contribution in [2.75, 3.05) is 5.32 Å². The third-order valence-electron chi connectivity index (χ3n) is 3.34. The van der Waals surface area contributed by atoms with E-state index in [2.05, 4.69) is 10.3 Å². The molecule has 0 radical (unpaired) electrons. The molecule has 2 aromatic heterocycles. The first-order valence-electron chi connectivity index (χ1n) is 7.32. The molecule has 1 amide bonds. The van der Waals surface area contributed by atoms with E-state index in [1.54, 1.807) is 30.7 Å². The highest BCUT2D eigenvalue weighted by Gasteiger charge is 2.06. The van der Waals surface area contributed by atoms with E-state index in [1.807, 2.05) is 25.1 Å². The van der Waals surface area contributed by atoms with Crippen LogP contribution in [0.1, 0.15) is 21.8 Å². The van der Waals surface area contributed by atoms with Crippen molar-refractivity contribution in [3.05, 3.63) is 75.7 Å². The number of anilines is 1. The summed E-state index contributed by atoms with van der Waals surface area (Å²) in [6, 6.07) is 9.55. The Morgan fingerprint density at radius 1 is 1.42 bits per heavy atom. The first-order chi connectivity index (χ1) is 11.6. The molecule has 1 aromatic carbocycles. The number of rotatable bonds is 5. The maximum Gasteiger partial charge on any atom is 0.250 e. The van der Waals surface area contributed by atoms with Gasteiger partial charge in [-0.1, -0.05) is 23.7 Å². The normalized spacial score (nSPS) is 11.1. The number of nitrogens with one attached hydrogen (secondary N) is 1. The Morgan fingerprint density at radius 3 is 3.04 bits per heavy atom. The smallest absolute Gasteiger partial charge is 0.250 e. The van der Waals surface area contributed by atoms with Crippen LogP contribution in [0, 0.1) is 6.92 Å². The molecule has 0 aliphatic carbocycles. The van der Waals surface area contributed by atoms with E-state index in [1.165, 1.54) is 17.4 Å². The van der Waals surface area contributed by atoms with Crippen LogP contribution in [-0.4, -0.2) is 10.9 Å². The van der Waals surface area contributed by atoms with Gasteiger partial charge in [-0.3, -0.25) is 10.1 Å². The van der Waals surface area contributed by atoms with Crippen LogP contribution in [0.3, 0.4) is 0 Å². The zero-order valence-corrected chi connectivity index (χ0v) is 14.5. The first kappa shape index (κ1) is 16.5. The lowest BCUT2D eigenvalue weighted by atomic mass is 10.1. The van der Waals surface area contributed by atoms with E-state index in [4.69, 9.17) is 16.0 Å². The molecule has 0 spiro atoms. The van der Waals surface area contributed by atoms with Gasteiger partial charge in [0, 0.05) is 28.6 Å². The number of benzene rings is 1. The summed E-state index contributed by atoms with van der Waals surface area (Å²) >= 11 is 7.59. The van der Waals surface area contributed by atoms with E-state index < -0.39 is 0 Å². The minimum atomic E-state index is -0.245. The number of carbonyl (C=O) groups is 1. The number of aromatic nitrogens is 1. The quantitative estimate of drug-likeness (QED) is 0.657. The lowest BCUT2D eigenvalue weighted by Crippen LogP contribution is -2.06. The molecular weight excluding hydrogens is 344 g/mol. The first-order valence-corrected chi connectivity index (χ1v) is 8.52. The maximum atomic E-state index is 11.9. The Bertz CT molecular complexity index is 869. The second kappa shape index (κ2) is 7.47. The fourth-order valence-electron chi connectivity index (χ4n) is 2.09. The molecule has 3 aromatic rings. The highest BCUT2D eigenvalue weighted by molar-refractivity contribution is 7.15. The zero-order valence-electron chi connectivity index (χ0n) is 13.0. The Kier molecular flexibility index (Phi) is 5.13. The lowest BCUT2D eigenvalue weighted by molar-refractivity contribution is -0.111. The van der Waals surface area contributed by atoms with Crippen molar-refractivity contribution in [1.29, 1.82) is 0 Å². The molecule has 24 heavy (non-hydrogen) atoms. The largest absolute Gasteiger partial charge is 0.465 e. The van der Waals surface area contributed by atoms with Gasteiger partial charge >= 0.3 is 0 Å². The average Bonchev–Trinajstić information content (AvgIpc) is 3.21. The molecule has 3 rings (SSSR count). The second-order valence-electron chi connectivity index (χ2n) is 5.23. The Morgan fingerprint density at radius 2 is 2.29 bits per heavy atom. The van der Waals surface area contributed by atoms with Crippen molar-refractivity contribution in [2.24, 2.45) is 0 Å². The van der Waals surface area contributed by atoms with Crippen molar-refractivity contribution in [3.63, 3.8) is 0 Å². The zero-order chi connectivity index (χ0) is 16.9. The maximum absolute atomic E-state index is 11.9. The van der Waals surface area contributed by atoms with Crippen LogP contribution in [0.2, 0.25) is 5.02 Å². The van der Waals surface area contributed by atoms with Gasteiger partial charge in [-0.2, -0.15) is 0 Å². The van der Waals surface area contributed by atoms with Crippen LogP contribution in [-0.2, 0) is 11.2 Å². The molecule has 6 heteroatoms. The number of aryl methyl sites for hydroxylation is 1. The monoisotopic (exact) mass is 358 g/mol. The molecule has 0 atom stereocenters. The van der Waals surface area contributed by atoms with E-state index in [9.17, 15) is 4.79 Å². The molecule has 4 nitrogen and oxygen atoms in total. The van der Waals surface area contributed by atoms with Crippen molar-refractivity contribution in [3.8, 4) is 0 Å². The summed E-state index contributed by atoms with van der Waals surface area (Å²) in [5.74, 6) is 0.381. The highest BCUT2D eigenvalue weighted by Crippen LogP contribution is 2.23. The van der Waals surface area contributed by atoms with Gasteiger partial charge in [-0.25, -0.2) is 4.98 Å². The van der Waals surface area contributed by atoms with E-state index in [0.29, 0.717) is 10.9 Å². The summed E-state index contributed by atoms with van der Waals surface area (Å²) in [5, 5.41) is 4.07. The summed E-state index contributed by atoms with van der Waals surface area (Å²) < 4.78 is 5.13. The number of hydrogen-bond acceptors (Lipinski definition) is 4. The van der Waals surface area contributed by atoms with Gasteiger partial charge in [-0.15, -0.1) is 11.3 Å². The van der Waals surface area contributed by atoms with Crippen LogP contribution in [0.15, 0.2) is 53.3 Å². The van der Waals surface area contributed by atoms with Gasteiger partial charge < -0.3 is 4.42 Å². The fourth-order valence-corrected chi connectivity index (χ4v) is 3.14. The minimum Gasteiger partial charge on any atom is -0.465 e. The summed E-state index contributed by atoms with van der Waals surface area (Å²) in [6.45, 7) is 1.97. The number of hydrogen-bond donors (Lipinski definition) is 1. The molecule has 0 fully saturated rings. The van der Waals surface area contributed by atoms with Gasteiger partial charge in [0.15, 0.2) is 5.13 Å². The van der Waals surface area contributed by atoms with Gasteiger partial charge in [0.1, 0.15) is 5.76 Å². The van der Waals surface area contributed by atoms with E-state index in [0.717, 1.165) is 27.4 Å². The van der Waals surface area contributed by atoms with Crippen molar-refractivity contribution in [2.45, 2.75) is 13.3 Å². The van der Waals surface area contributed by atoms with E-state index >= 15 is 0 Å². The van der Waals surface area contributed by atoms with Gasteiger partial charge in [0.2, 0.25) is 5.91 Å². The summed E-state index contributed by atoms with van der Waals surface area (Å²) in [4.78, 5) is 17.2. The lowest BCUT2D eigenvalue weighted by Gasteiger charge is -2.02. The number of furan rings is 1. The van der Waals surface area contributed by atoms with Crippen molar-refractivity contribution < 1.29 is 9.21 Å². The third kappa shape index (κ3) is 4.34. The van der Waals surface area contributed by atoms with Crippen LogP contribution in [0.5, 0.6) is 0 Å². The van der Waals surface area contributed by atoms with Crippen LogP contribution in [0.25, 0.3) is 6.08 Å². The van der Waals surface area contributed by atoms with Gasteiger partial charge in [0.25, 0.3) is 0 Å². The minimum absolute atomic E-state index is 0.245. The molecular formula is C18H15ClN2O2S. The van der Waals surface area contributed by atoms with Crippen LogP contribution in [0.4, 0.5) is 5.13 Å². The van der Waals surface area contributed by atoms with Crippen molar-refractivity contribution >= 4 is 40.1 Å². The molecule has 122 valence electrons. The number of halogens is 1. The predicted molar refractivity (Wildman–Crippen MR) is 97.5 cm³/mol. The SMILES string of the molecule is Cc1ccc(Cc2cnc(NC(=O)C=Cc3ccco3)s2)cc1Cl. The van der Waals surface area contributed by atoms with Gasteiger partial charge in [0.05, 0.1) is 6.26 Å². The van der Waals surface area contributed by atoms with Crippen molar-refractivity contribution in [1.82, 2.24) is 4.98 Å². The molecule has 1 N–H and O–H groups in total. The summed E-state index contributed by atoms with van der Waals surface area (Å²) in [6.07, 6.45) is 7.08.